The minimum Gasteiger partial charge on any atom is -0.444 e. The summed E-state index contributed by atoms with van der Waals surface area (Å²) in [4.78, 5) is 61.5. The van der Waals surface area contributed by atoms with Gasteiger partial charge >= 0.3 is 24.2 Å². The van der Waals surface area contributed by atoms with Gasteiger partial charge in [-0.2, -0.15) is 0 Å². The van der Waals surface area contributed by atoms with E-state index >= 15 is 0 Å². The quantitative estimate of drug-likeness (QED) is 0.150. The van der Waals surface area contributed by atoms with Crippen LogP contribution in [0.25, 0.3) is 0 Å². The number of rotatable bonds is 12. The lowest BCUT2D eigenvalue weighted by Crippen LogP contribution is -2.54. The van der Waals surface area contributed by atoms with Crippen molar-refractivity contribution in [2.24, 2.45) is 17.6 Å². The third kappa shape index (κ3) is 14.0. The molecule has 0 aliphatic carbocycles. The SMILES string of the molecule is CC(C)Cc1ccc(NC(=O)OC(=O)[C@@H](CCCNC(N)=O)NC(=O)[C@@H](NC(=O)OC(C)(C)C)C(C)C)cc1. The number of urea groups is 1. The van der Waals surface area contributed by atoms with Crippen LogP contribution < -0.4 is 27.0 Å². The van der Waals surface area contributed by atoms with E-state index in [1.807, 2.05) is 12.1 Å². The van der Waals surface area contributed by atoms with Gasteiger partial charge in [0.25, 0.3) is 0 Å². The van der Waals surface area contributed by atoms with E-state index in [0.717, 1.165) is 12.0 Å². The van der Waals surface area contributed by atoms with Crippen LogP contribution in [0.4, 0.5) is 20.1 Å². The van der Waals surface area contributed by atoms with Crippen molar-refractivity contribution in [3.8, 4) is 0 Å². The molecule has 39 heavy (non-hydrogen) atoms. The van der Waals surface area contributed by atoms with Crippen LogP contribution in [0.1, 0.15) is 66.9 Å². The molecule has 0 aliphatic heterocycles. The van der Waals surface area contributed by atoms with Crippen LogP contribution in [0.5, 0.6) is 0 Å². The Morgan fingerprint density at radius 1 is 0.923 bits per heavy atom. The van der Waals surface area contributed by atoms with E-state index in [9.17, 15) is 24.0 Å². The first-order valence-electron chi connectivity index (χ1n) is 13.0. The van der Waals surface area contributed by atoms with E-state index in [1.54, 1.807) is 46.8 Å². The van der Waals surface area contributed by atoms with Gasteiger partial charge in [-0.05, 0) is 69.6 Å². The zero-order valence-electron chi connectivity index (χ0n) is 23.9. The Morgan fingerprint density at radius 2 is 1.54 bits per heavy atom. The molecule has 0 fully saturated rings. The molecule has 0 heterocycles. The molecule has 0 bridgehead atoms. The van der Waals surface area contributed by atoms with Crippen LogP contribution in [0.3, 0.4) is 0 Å². The Labute approximate surface area is 230 Å². The van der Waals surface area contributed by atoms with Gasteiger partial charge in [-0.25, -0.2) is 19.2 Å². The van der Waals surface area contributed by atoms with Gasteiger partial charge in [0.2, 0.25) is 5.91 Å². The van der Waals surface area contributed by atoms with Crippen LogP contribution >= 0.6 is 0 Å². The topological polar surface area (TPSA) is 178 Å². The highest BCUT2D eigenvalue weighted by atomic mass is 16.6. The second-order valence-corrected chi connectivity index (χ2v) is 11.0. The molecule has 12 heteroatoms. The summed E-state index contributed by atoms with van der Waals surface area (Å²) in [7, 11) is 0. The van der Waals surface area contributed by atoms with Crippen molar-refractivity contribution in [1.29, 1.82) is 0 Å². The second-order valence-electron chi connectivity index (χ2n) is 11.0. The molecule has 1 aromatic carbocycles. The molecule has 0 radical (unpaired) electrons. The first-order valence-corrected chi connectivity index (χ1v) is 13.0. The zero-order chi connectivity index (χ0) is 29.8. The number of anilines is 1. The van der Waals surface area contributed by atoms with Gasteiger partial charge in [-0.3, -0.25) is 10.1 Å². The first-order chi connectivity index (χ1) is 18.1. The molecule has 218 valence electrons. The molecule has 0 aromatic heterocycles. The summed E-state index contributed by atoms with van der Waals surface area (Å²) in [6.07, 6.45) is -0.652. The maximum Gasteiger partial charge on any atom is 0.419 e. The Kier molecular flexibility index (Phi) is 13.2. The lowest BCUT2D eigenvalue weighted by molar-refractivity contribution is -0.142. The monoisotopic (exact) mass is 549 g/mol. The number of primary amides is 1. The third-order valence-corrected chi connectivity index (χ3v) is 5.23. The van der Waals surface area contributed by atoms with Crippen molar-refractivity contribution in [2.75, 3.05) is 11.9 Å². The summed E-state index contributed by atoms with van der Waals surface area (Å²) in [5, 5.41) is 9.94. The van der Waals surface area contributed by atoms with E-state index < -0.39 is 47.8 Å². The summed E-state index contributed by atoms with van der Waals surface area (Å²) in [6.45, 7) is 12.8. The molecule has 5 amide bonds. The number of carbonyl (C=O) groups excluding carboxylic acids is 5. The summed E-state index contributed by atoms with van der Waals surface area (Å²) in [5.41, 5.74) is 5.84. The number of alkyl carbamates (subject to hydrolysis) is 1. The van der Waals surface area contributed by atoms with Crippen molar-refractivity contribution in [1.82, 2.24) is 16.0 Å². The molecule has 0 saturated carbocycles. The molecule has 12 nitrogen and oxygen atoms in total. The number of nitrogens with one attached hydrogen (secondary N) is 4. The minimum absolute atomic E-state index is 0.0271. The fraction of sp³-hybridized carbons (Fsp3) is 0.593. The van der Waals surface area contributed by atoms with Crippen LogP contribution in [-0.2, 0) is 25.5 Å². The molecular formula is C27H43N5O7. The maximum atomic E-state index is 13.0. The number of amides is 5. The number of carbonyl (C=O) groups is 5. The Bertz CT molecular complexity index is 987. The van der Waals surface area contributed by atoms with Gasteiger partial charge < -0.3 is 31.2 Å². The number of esters is 1. The number of hydrogen-bond donors (Lipinski definition) is 5. The molecular weight excluding hydrogens is 506 g/mol. The Hall–Kier alpha value is -3.83. The summed E-state index contributed by atoms with van der Waals surface area (Å²) in [5.74, 6) is -1.54. The van der Waals surface area contributed by atoms with Crippen molar-refractivity contribution in [3.05, 3.63) is 29.8 Å². The van der Waals surface area contributed by atoms with Gasteiger partial charge in [-0.1, -0.05) is 39.8 Å². The first kappa shape index (κ1) is 33.2. The molecule has 0 unspecified atom stereocenters. The summed E-state index contributed by atoms with van der Waals surface area (Å²) in [6, 6.07) is 4.14. The second kappa shape index (κ2) is 15.6. The normalized spacial score (nSPS) is 12.7. The van der Waals surface area contributed by atoms with E-state index in [-0.39, 0.29) is 25.3 Å². The van der Waals surface area contributed by atoms with Crippen molar-refractivity contribution in [2.45, 2.75) is 85.4 Å². The predicted octanol–water partition coefficient (Wildman–Crippen LogP) is 3.44. The highest BCUT2D eigenvalue weighted by Crippen LogP contribution is 2.14. The van der Waals surface area contributed by atoms with Crippen molar-refractivity contribution in [3.63, 3.8) is 0 Å². The lowest BCUT2D eigenvalue weighted by atomic mass is 10.0. The molecule has 0 aliphatic rings. The van der Waals surface area contributed by atoms with E-state index in [4.69, 9.17) is 15.2 Å². The standard InChI is InChI=1S/C27H43N5O7/c1-16(2)15-18-10-12-19(13-11-18)30-25(36)38-23(34)20(9-8-14-29-24(28)35)31-22(33)21(17(3)4)32-26(37)39-27(5,6)7/h10-13,16-17,20-21H,8-9,14-15H2,1-7H3,(H,30,36)(H,31,33)(H,32,37)(H3,28,29,35)/t20-,21+/m1/s1. The number of hydrogen-bond acceptors (Lipinski definition) is 7. The van der Waals surface area contributed by atoms with Crippen LogP contribution in [0, 0.1) is 11.8 Å². The number of nitrogens with two attached hydrogens (primary N) is 1. The summed E-state index contributed by atoms with van der Waals surface area (Å²) < 4.78 is 10.2. The predicted molar refractivity (Wildman–Crippen MR) is 147 cm³/mol. The Morgan fingerprint density at radius 3 is 2.05 bits per heavy atom. The molecule has 6 N–H and O–H groups in total. The number of ether oxygens (including phenoxy) is 2. The molecule has 1 rings (SSSR count). The van der Waals surface area contributed by atoms with Gasteiger partial charge in [0.1, 0.15) is 17.7 Å². The van der Waals surface area contributed by atoms with Gasteiger partial charge in [0.05, 0.1) is 0 Å². The van der Waals surface area contributed by atoms with Crippen LogP contribution in [-0.4, -0.2) is 54.3 Å². The van der Waals surface area contributed by atoms with Gasteiger partial charge in [-0.15, -0.1) is 0 Å². The Balaban J connectivity index is 2.90. The third-order valence-electron chi connectivity index (χ3n) is 5.23. The van der Waals surface area contributed by atoms with Crippen molar-refractivity contribution >= 4 is 35.8 Å². The molecule has 1 aromatic rings. The maximum absolute atomic E-state index is 13.0. The van der Waals surface area contributed by atoms with Gasteiger partial charge in [0, 0.05) is 12.2 Å². The van der Waals surface area contributed by atoms with E-state index in [1.165, 1.54) is 0 Å². The fourth-order valence-electron chi connectivity index (χ4n) is 3.50. The minimum atomic E-state index is -1.24. The lowest BCUT2D eigenvalue weighted by Gasteiger charge is -2.26. The van der Waals surface area contributed by atoms with Crippen LogP contribution in [0.15, 0.2) is 24.3 Å². The van der Waals surface area contributed by atoms with Gasteiger partial charge in [0.15, 0.2) is 0 Å². The molecule has 2 atom stereocenters. The number of benzene rings is 1. The van der Waals surface area contributed by atoms with E-state index in [0.29, 0.717) is 11.6 Å². The zero-order valence-corrected chi connectivity index (χ0v) is 23.9. The highest BCUT2D eigenvalue weighted by Gasteiger charge is 2.31. The average molecular weight is 550 g/mol. The smallest absolute Gasteiger partial charge is 0.419 e. The van der Waals surface area contributed by atoms with E-state index in [2.05, 4.69) is 35.1 Å². The molecule has 0 saturated heterocycles. The van der Waals surface area contributed by atoms with Crippen molar-refractivity contribution < 1.29 is 33.4 Å². The highest BCUT2D eigenvalue weighted by molar-refractivity contribution is 5.96. The summed E-state index contributed by atoms with van der Waals surface area (Å²) >= 11 is 0. The fourth-order valence-corrected chi connectivity index (χ4v) is 3.50. The average Bonchev–Trinajstić information content (AvgIpc) is 2.78. The molecule has 0 spiro atoms. The van der Waals surface area contributed by atoms with Crippen LogP contribution in [0.2, 0.25) is 0 Å². The largest absolute Gasteiger partial charge is 0.444 e.